The first kappa shape index (κ1) is 20.7. The van der Waals surface area contributed by atoms with Gasteiger partial charge in [-0.1, -0.05) is 30.3 Å². The van der Waals surface area contributed by atoms with E-state index in [1.807, 2.05) is 7.05 Å². The predicted octanol–water partition coefficient (Wildman–Crippen LogP) is 2.83. The van der Waals surface area contributed by atoms with Crippen molar-refractivity contribution >= 4 is 5.96 Å². The Morgan fingerprint density at radius 2 is 2.00 bits per heavy atom. The number of ether oxygens (including phenoxy) is 1. The van der Waals surface area contributed by atoms with Crippen LogP contribution in [0.15, 0.2) is 35.3 Å². The summed E-state index contributed by atoms with van der Waals surface area (Å²) in [6.07, 6.45) is 3.76. The van der Waals surface area contributed by atoms with E-state index in [1.165, 1.54) is 18.4 Å². The highest BCUT2D eigenvalue weighted by Crippen LogP contribution is 2.28. The second-order valence-electron chi connectivity index (χ2n) is 7.45. The standard InChI is InChI=1S/C21H36N4O/c1-18(25(4)16-19-8-6-5-7-9-19)12-13-23-21(22-2)24(3)14-15-26-17-20-10-11-20/h5-9,18,20H,10-17H2,1-4H3,(H,22,23). The first-order valence-corrected chi connectivity index (χ1v) is 9.83. The van der Waals surface area contributed by atoms with Crippen LogP contribution >= 0.6 is 0 Å². The van der Waals surface area contributed by atoms with Crippen molar-refractivity contribution in [2.24, 2.45) is 10.9 Å². The molecule has 1 unspecified atom stereocenters. The first-order valence-electron chi connectivity index (χ1n) is 9.83. The topological polar surface area (TPSA) is 40.1 Å². The van der Waals surface area contributed by atoms with Crippen molar-refractivity contribution in [3.8, 4) is 0 Å². The minimum atomic E-state index is 0.507. The van der Waals surface area contributed by atoms with Gasteiger partial charge in [0.25, 0.3) is 0 Å². The van der Waals surface area contributed by atoms with Gasteiger partial charge in [-0.25, -0.2) is 0 Å². The molecule has 1 aliphatic carbocycles. The second-order valence-corrected chi connectivity index (χ2v) is 7.45. The van der Waals surface area contributed by atoms with E-state index >= 15 is 0 Å². The van der Waals surface area contributed by atoms with E-state index in [1.54, 1.807) is 0 Å². The van der Waals surface area contributed by atoms with Gasteiger partial charge in [-0.05, 0) is 44.7 Å². The van der Waals surface area contributed by atoms with Crippen molar-refractivity contribution in [3.63, 3.8) is 0 Å². The van der Waals surface area contributed by atoms with Gasteiger partial charge in [0.2, 0.25) is 0 Å². The summed E-state index contributed by atoms with van der Waals surface area (Å²) >= 11 is 0. The molecule has 1 fully saturated rings. The molecule has 26 heavy (non-hydrogen) atoms. The fraction of sp³-hybridized carbons (Fsp3) is 0.667. The zero-order valence-corrected chi connectivity index (χ0v) is 16.9. The number of rotatable bonds is 11. The number of aliphatic imine (C=N–C) groups is 1. The maximum absolute atomic E-state index is 5.72. The maximum atomic E-state index is 5.72. The molecule has 0 saturated heterocycles. The Morgan fingerprint density at radius 1 is 1.27 bits per heavy atom. The Balaban J connectivity index is 1.61. The van der Waals surface area contributed by atoms with Crippen molar-refractivity contribution in [1.82, 2.24) is 15.1 Å². The number of guanidine groups is 1. The first-order chi connectivity index (χ1) is 12.6. The molecule has 0 heterocycles. The summed E-state index contributed by atoms with van der Waals surface area (Å²) in [5, 5.41) is 3.47. The average molecular weight is 361 g/mol. The summed E-state index contributed by atoms with van der Waals surface area (Å²) < 4.78 is 5.72. The van der Waals surface area contributed by atoms with E-state index in [0.29, 0.717) is 6.04 Å². The van der Waals surface area contributed by atoms with Crippen LogP contribution in [0.2, 0.25) is 0 Å². The van der Waals surface area contributed by atoms with Crippen LogP contribution in [-0.2, 0) is 11.3 Å². The molecule has 0 amide bonds. The van der Waals surface area contributed by atoms with Crippen LogP contribution < -0.4 is 5.32 Å². The number of hydrogen-bond donors (Lipinski definition) is 1. The Hall–Kier alpha value is -1.59. The Labute approximate surface area is 159 Å². The number of nitrogens with one attached hydrogen (secondary N) is 1. The van der Waals surface area contributed by atoms with Gasteiger partial charge in [0.1, 0.15) is 0 Å². The van der Waals surface area contributed by atoms with Crippen LogP contribution in [-0.4, -0.2) is 69.2 Å². The molecule has 5 nitrogen and oxygen atoms in total. The smallest absolute Gasteiger partial charge is 0.193 e. The molecule has 1 atom stereocenters. The van der Waals surface area contributed by atoms with Crippen LogP contribution in [0, 0.1) is 5.92 Å². The normalized spacial score (nSPS) is 16.0. The Kier molecular flexibility index (Phi) is 8.92. The Morgan fingerprint density at radius 3 is 2.65 bits per heavy atom. The Bertz CT molecular complexity index is 530. The van der Waals surface area contributed by atoms with Gasteiger partial charge in [-0.2, -0.15) is 0 Å². The summed E-state index contributed by atoms with van der Waals surface area (Å²) in [6.45, 7) is 6.74. The van der Waals surface area contributed by atoms with Gasteiger partial charge < -0.3 is 15.0 Å². The van der Waals surface area contributed by atoms with E-state index < -0.39 is 0 Å². The third-order valence-corrected chi connectivity index (χ3v) is 5.07. The lowest BCUT2D eigenvalue weighted by molar-refractivity contribution is 0.115. The number of hydrogen-bond acceptors (Lipinski definition) is 3. The monoisotopic (exact) mass is 360 g/mol. The molecule has 1 saturated carbocycles. The molecule has 5 heteroatoms. The highest BCUT2D eigenvalue weighted by atomic mass is 16.5. The van der Waals surface area contributed by atoms with Crippen LogP contribution in [0.1, 0.15) is 31.7 Å². The summed E-state index contributed by atoms with van der Waals surface area (Å²) in [5.74, 6) is 1.77. The molecule has 1 aliphatic rings. The van der Waals surface area contributed by atoms with Gasteiger partial charge >= 0.3 is 0 Å². The van der Waals surface area contributed by atoms with Crippen LogP contribution in [0.5, 0.6) is 0 Å². The minimum absolute atomic E-state index is 0.507. The van der Waals surface area contributed by atoms with E-state index in [4.69, 9.17) is 4.74 Å². The van der Waals surface area contributed by atoms with Crippen molar-refractivity contribution in [2.75, 3.05) is 47.4 Å². The fourth-order valence-corrected chi connectivity index (χ4v) is 2.87. The van der Waals surface area contributed by atoms with E-state index in [2.05, 4.69) is 71.5 Å². The summed E-state index contributed by atoms with van der Waals surface area (Å²) in [4.78, 5) is 8.93. The molecule has 1 aromatic carbocycles. The summed E-state index contributed by atoms with van der Waals surface area (Å²) in [5.41, 5.74) is 1.36. The molecule has 1 aromatic rings. The molecule has 0 aliphatic heterocycles. The van der Waals surface area contributed by atoms with Crippen molar-refractivity contribution in [1.29, 1.82) is 0 Å². The van der Waals surface area contributed by atoms with Crippen molar-refractivity contribution in [2.45, 2.75) is 38.8 Å². The molecular weight excluding hydrogens is 324 g/mol. The fourth-order valence-electron chi connectivity index (χ4n) is 2.87. The van der Waals surface area contributed by atoms with Gasteiger partial charge in [0.15, 0.2) is 5.96 Å². The molecule has 146 valence electrons. The van der Waals surface area contributed by atoms with Gasteiger partial charge in [-0.3, -0.25) is 9.89 Å². The highest BCUT2D eigenvalue weighted by Gasteiger charge is 2.21. The van der Waals surface area contributed by atoms with Crippen molar-refractivity contribution in [3.05, 3.63) is 35.9 Å². The van der Waals surface area contributed by atoms with Crippen LogP contribution in [0.4, 0.5) is 0 Å². The summed E-state index contributed by atoms with van der Waals surface area (Å²) in [7, 11) is 6.10. The highest BCUT2D eigenvalue weighted by molar-refractivity contribution is 5.79. The molecule has 0 spiro atoms. The van der Waals surface area contributed by atoms with E-state index in [0.717, 1.165) is 51.1 Å². The third-order valence-electron chi connectivity index (χ3n) is 5.07. The van der Waals surface area contributed by atoms with E-state index in [-0.39, 0.29) is 0 Å². The van der Waals surface area contributed by atoms with Gasteiger partial charge in [-0.15, -0.1) is 0 Å². The zero-order chi connectivity index (χ0) is 18.8. The number of benzene rings is 1. The second kappa shape index (κ2) is 11.2. The average Bonchev–Trinajstić information content (AvgIpc) is 3.47. The number of nitrogens with zero attached hydrogens (tertiary/aromatic N) is 3. The van der Waals surface area contributed by atoms with Gasteiger partial charge in [0.05, 0.1) is 6.61 Å². The molecule has 2 rings (SSSR count). The predicted molar refractivity (Wildman–Crippen MR) is 110 cm³/mol. The van der Waals surface area contributed by atoms with E-state index in [9.17, 15) is 0 Å². The molecule has 0 radical (unpaired) electrons. The van der Waals surface area contributed by atoms with Crippen molar-refractivity contribution < 1.29 is 4.74 Å². The SMILES string of the molecule is CN=C(NCCC(C)N(C)Cc1ccccc1)N(C)CCOCC1CC1. The summed E-state index contributed by atoms with van der Waals surface area (Å²) in [6, 6.07) is 11.1. The molecule has 0 bridgehead atoms. The lowest BCUT2D eigenvalue weighted by Gasteiger charge is -2.26. The molecule has 0 aromatic heterocycles. The number of likely N-dealkylation sites (N-methyl/N-ethyl adjacent to an activating group) is 1. The largest absolute Gasteiger partial charge is 0.379 e. The quantitative estimate of drug-likeness (QED) is 0.374. The zero-order valence-electron chi connectivity index (χ0n) is 16.9. The lowest BCUT2D eigenvalue weighted by atomic mass is 10.1. The van der Waals surface area contributed by atoms with Crippen LogP contribution in [0.25, 0.3) is 0 Å². The maximum Gasteiger partial charge on any atom is 0.193 e. The van der Waals surface area contributed by atoms with Crippen LogP contribution in [0.3, 0.4) is 0 Å². The lowest BCUT2D eigenvalue weighted by Crippen LogP contribution is -2.42. The minimum Gasteiger partial charge on any atom is -0.379 e. The molecular formula is C21H36N4O. The molecule has 1 N–H and O–H groups in total. The van der Waals surface area contributed by atoms with Gasteiger partial charge in [0, 0.05) is 46.4 Å². The third kappa shape index (κ3) is 7.75.